The van der Waals surface area contributed by atoms with Crippen LogP contribution in [0.1, 0.15) is 25.0 Å². The predicted octanol–water partition coefficient (Wildman–Crippen LogP) is 5.10. The maximum Gasteiger partial charge on any atom is 0.418 e. The summed E-state index contributed by atoms with van der Waals surface area (Å²) in [7, 11) is 0. The Morgan fingerprint density at radius 3 is 2.59 bits per heavy atom. The molecule has 0 saturated carbocycles. The molecular weight excluding hydrogens is 381 g/mol. The molecule has 0 aromatic carbocycles. The van der Waals surface area contributed by atoms with Gasteiger partial charge in [-0.05, 0) is 36.6 Å². The molecule has 5 nitrogen and oxygen atoms in total. The van der Waals surface area contributed by atoms with Crippen LogP contribution in [0, 0.1) is 12.8 Å². The van der Waals surface area contributed by atoms with E-state index >= 15 is 0 Å². The van der Waals surface area contributed by atoms with Gasteiger partial charge < -0.3 is 4.74 Å². The second-order valence-electron chi connectivity index (χ2n) is 6.42. The molecule has 0 aliphatic heterocycles. The fraction of sp³-hybridized carbons (Fsp3) is 0.333. The summed E-state index contributed by atoms with van der Waals surface area (Å²) < 4.78 is 45.4. The third kappa shape index (κ3) is 4.10. The number of pyridine rings is 2. The first-order valence-electron chi connectivity index (χ1n) is 8.17. The molecule has 0 aliphatic carbocycles. The average Bonchev–Trinajstić information content (AvgIpc) is 2.58. The Labute approximate surface area is 158 Å². The fourth-order valence-corrected chi connectivity index (χ4v) is 2.82. The van der Waals surface area contributed by atoms with E-state index < -0.39 is 11.7 Å². The van der Waals surface area contributed by atoms with Gasteiger partial charge in [0.15, 0.2) is 5.65 Å². The van der Waals surface area contributed by atoms with Gasteiger partial charge in [0.2, 0.25) is 0 Å². The van der Waals surface area contributed by atoms with Gasteiger partial charge in [0.05, 0.1) is 23.3 Å². The van der Waals surface area contributed by atoms with E-state index in [1.165, 1.54) is 18.3 Å². The van der Waals surface area contributed by atoms with Crippen LogP contribution in [0.25, 0.3) is 22.4 Å². The number of aromatic nitrogens is 4. The van der Waals surface area contributed by atoms with Crippen molar-refractivity contribution in [3.63, 3.8) is 0 Å². The number of ether oxygens (including phenoxy) is 1. The molecule has 0 bridgehead atoms. The number of alkyl halides is 3. The second-order valence-corrected chi connectivity index (χ2v) is 6.78. The SMILES string of the molecule is Cc1cc(-c2ncccc2C(F)(F)F)nc2nc(OCC(C)C)nc(Cl)c12. The van der Waals surface area contributed by atoms with Crippen molar-refractivity contribution in [2.75, 3.05) is 6.61 Å². The number of hydrogen-bond acceptors (Lipinski definition) is 5. The molecule has 0 unspecified atom stereocenters. The van der Waals surface area contributed by atoms with Crippen LogP contribution in [0.2, 0.25) is 5.15 Å². The largest absolute Gasteiger partial charge is 0.463 e. The normalized spacial score (nSPS) is 12.0. The quantitative estimate of drug-likeness (QED) is 0.574. The third-order valence-electron chi connectivity index (χ3n) is 3.70. The molecule has 3 aromatic heterocycles. The maximum absolute atomic E-state index is 13.3. The molecule has 0 aliphatic rings. The molecule has 0 radical (unpaired) electrons. The molecule has 0 fully saturated rings. The van der Waals surface area contributed by atoms with Crippen LogP contribution in [0.3, 0.4) is 0 Å². The smallest absolute Gasteiger partial charge is 0.418 e. The van der Waals surface area contributed by atoms with Crippen LogP contribution in [0.15, 0.2) is 24.4 Å². The molecule has 0 amide bonds. The van der Waals surface area contributed by atoms with E-state index in [9.17, 15) is 13.2 Å². The minimum atomic E-state index is -4.55. The first kappa shape index (κ1) is 19.3. The summed E-state index contributed by atoms with van der Waals surface area (Å²) in [6, 6.07) is 3.72. The zero-order chi connectivity index (χ0) is 19.8. The van der Waals surface area contributed by atoms with Gasteiger partial charge in [0.25, 0.3) is 0 Å². The minimum absolute atomic E-state index is 0.0299. The van der Waals surface area contributed by atoms with E-state index in [1.54, 1.807) is 6.92 Å². The summed E-state index contributed by atoms with van der Waals surface area (Å²) in [4.78, 5) is 16.4. The number of rotatable bonds is 4. The van der Waals surface area contributed by atoms with Gasteiger partial charge in [-0.3, -0.25) is 4.98 Å². The lowest BCUT2D eigenvalue weighted by atomic mass is 10.1. The summed E-state index contributed by atoms with van der Waals surface area (Å²) in [5.74, 6) is 0.243. The zero-order valence-electron chi connectivity index (χ0n) is 14.8. The summed E-state index contributed by atoms with van der Waals surface area (Å²) in [6.07, 6.45) is -3.26. The number of fused-ring (bicyclic) bond motifs is 1. The number of halogens is 4. The Bertz CT molecular complexity index is 992. The lowest BCUT2D eigenvalue weighted by molar-refractivity contribution is -0.137. The highest BCUT2D eigenvalue weighted by molar-refractivity contribution is 6.34. The van der Waals surface area contributed by atoms with E-state index in [0.29, 0.717) is 17.6 Å². The van der Waals surface area contributed by atoms with Gasteiger partial charge in [-0.1, -0.05) is 25.4 Å². The van der Waals surface area contributed by atoms with E-state index in [-0.39, 0.29) is 34.1 Å². The first-order chi connectivity index (χ1) is 12.7. The van der Waals surface area contributed by atoms with Gasteiger partial charge in [-0.25, -0.2) is 4.98 Å². The van der Waals surface area contributed by atoms with Gasteiger partial charge in [0, 0.05) is 6.20 Å². The van der Waals surface area contributed by atoms with E-state index in [0.717, 1.165) is 6.07 Å². The maximum atomic E-state index is 13.3. The van der Waals surface area contributed by atoms with Crippen molar-refractivity contribution in [3.05, 3.63) is 40.7 Å². The van der Waals surface area contributed by atoms with E-state index in [2.05, 4.69) is 19.9 Å². The minimum Gasteiger partial charge on any atom is -0.463 e. The Hall–Kier alpha value is -2.48. The van der Waals surface area contributed by atoms with Crippen LogP contribution in [-0.2, 0) is 6.18 Å². The third-order valence-corrected chi connectivity index (χ3v) is 3.97. The van der Waals surface area contributed by atoms with Crippen molar-refractivity contribution in [3.8, 4) is 17.4 Å². The Kier molecular flexibility index (Phi) is 5.19. The van der Waals surface area contributed by atoms with Crippen molar-refractivity contribution >= 4 is 22.6 Å². The monoisotopic (exact) mass is 396 g/mol. The highest BCUT2D eigenvalue weighted by Crippen LogP contribution is 2.36. The van der Waals surface area contributed by atoms with Gasteiger partial charge >= 0.3 is 12.2 Å². The van der Waals surface area contributed by atoms with E-state index in [1.807, 2.05) is 13.8 Å². The van der Waals surface area contributed by atoms with Crippen LogP contribution in [-0.4, -0.2) is 26.5 Å². The molecule has 0 atom stereocenters. The molecule has 0 saturated heterocycles. The average molecular weight is 397 g/mol. The van der Waals surface area contributed by atoms with Gasteiger partial charge in [-0.2, -0.15) is 23.1 Å². The highest BCUT2D eigenvalue weighted by atomic mass is 35.5. The Morgan fingerprint density at radius 1 is 1.19 bits per heavy atom. The highest BCUT2D eigenvalue weighted by Gasteiger charge is 2.34. The van der Waals surface area contributed by atoms with Gasteiger partial charge in [0.1, 0.15) is 10.8 Å². The fourth-order valence-electron chi connectivity index (χ4n) is 2.51. The standard InChI is InChI=1S/C18H16ClF3N4O/c1-9(2)8-27-17-25-15(19)13-10(3)7-12(24-16(13)26-17)14-11(18(20,21)22)5-4-6-23-14/h4-7,9H,8H2,1-3H3. The predicted molar refractivity (Wildman–Crippen MR) is 95.6 cm³/mol. The summed E-state index contributed by atoms with van der Waals surface area (Å²) in [5.41, 5.74) is -0.337. The molecule has 3 rings (SSSR count). The van der Waals surface area contributed by atoms with Crippen molar-refractivity contribution < 1.29 is 17.9 Å². The number of aryl methyl sites for hydroxylation is 1. The summed E-state index contributed by atoms with van der Waals surface area (Å²) in [5, 5.41) is 0.592. The second kappa shape index (κ2) is 7.26. The van der Waals surface area contributed by atoms with Crippen LogP contribution >= 0.6 is 11.6 Å². The molecule has 27 heavy (non-hydrogen) atoms. The van der Waals surface area contributed by atoms with Crippen molar-refractivity contribution in [2.45, 2.75) is 26.9 Å². The van der Waals surface area contributed by atoms with Crippen molar-refractivity contribution in [2.24, 2.45) is 5.92 Å². The topological polar surface area (TPSA) is 60.8 Å². The van der Waals surface area contributed by atoms with Crippen LogP contribution in [0.5, 0.6) is 6.01 Å². The molecule has 0 N–H and O–H groups in total. The molecular formula is C18H16ClF3N4O. The molecule has 3 heterocycles. The van der Waals surface area contributed by atoms with Crippen molar-refractivity contribution in [1.29, 1.82) is 0 Å². The van der Waals surface area contributed by atoms with Crippen molar-refractivity contribution in [1.82, 2.24) is 19.9 Å². The van der Waals surface area contributed by atoms with Gasteiger partial charge in [-0.15, -0.1) is 0 Å². The first-order valence-corrected chi connectivity index (χ1v) is 8.55. The number of nitrogens with zero attached hydrogens (tertiary/aromatic N) is 4. The lowest BCUT2D eigenvalue weighted by Gasteiger charge is -2.13. The Balaban J connectivity index is 2.17. The van der Waals surface area contributed by atoms with Crippen LogP contribution < -0.4 is 4.74 Å². The number of hydrogen-bond donors (Lipinski definition) is 0. The summed E-state index contributed by atoms with van der Waals surface area (Å²) in [6.45, 7) is 6.00. The van der Waals surface area contributed by atoms with Crippen LogP contribution in [0.4, 0.5) is 13.2 Å². The molecule has 3 aromatic rings. The molecule has 142 valence electrons. The van der Waals surface area contributed by atoms with E-state index in [4.69, 9.17) is 16.3 Å². The summed E-state index contributed by atoms with van der Waals surface area (Å²) >= 11 is 6.22. The Morgan fingerprint density at radius 2 is 1.93 bits per heavy atom. The molecule has 0 spiro atoms. The zero-order valence-corrected chi connectivity index (χ0v) is 15.6. The lowest BCUT2D eigenvalue weighted by Crippen LogP contribution is -2.10. The molecule has 9 heteroatoms.